The van der Waals surface area contributed by atoms with Gasteiger partial charge in [-0.3, -0.25) is 0 Å². The molecular formula is C13H17N3OS2. The van der Waals surface area contributed by atoms with Crippen LogP contribution >= 0.6 is 23.3 Å². The second-order valence-corrected chi connectivity index (χ2v) is 5.55. The SMILES string of the molecule is COc1cccc(CCNc2snc(N)c2SC)c1. The third-order valence-electron chi connectivity index (χ3n) is 2.71. The highest BCUT2D eigenvalue weighted by Gasteiger charge is 2.09. The first-order valence-electron chi connectivity index (χ1n) is 5.90. The molecule has 0 amide bonds. The van der Waals surface area contributed by atoms with E-state index in [-0.39, 0.29) is 0 Å². The summed E-state index contributed by atoms with van der Waals surface area (Å²) in [5.41, 5.74) is 7.04. The number of nitrogens with one attached hydrogen (secondary N) is 1. The molecule has 2 aromatic rings. The number of hydrogen-bond donors (Lipinski definition) is 2. The lowest BCUT2D eigenvalue weighted by Crippen LogP contribution is -2.04. The average Bonchev–Trinajstić information content (AvgIpc) is 2.79. The minimum atomic E-state index is 0.612. The lowest BCUT2D eigenvalue weighted by Gasteiger charge is -2.07. The minimum Gasteiger partial charge on any atom is -0.497 e. The van der Waals surface area contributed by atoms with Gasteiger partial charge in [-0.2, -0.15) is 4.37 Å². The molecule has 0 atom stereocenters. The Labute approximate surface area is 121 Å². The number of nitrogen functional groups attached to an aromatic ring is 1. The summed E-state index contributed by atoms with van der Waals surface area (Å²) in [6.45, 7) is 0.850. The van der Waals surface area contributed by atoms with E-state index in [4.69, 9.17) is 10.5 Å². The van der Waals surface area contributed by atoms with Crippen molar-refractivity contribution in [3.63, 3.8) is 0 Å². The number of thioether (sulfide) groups is 1. The number of benzene rings is 1. The van der Waals surface area contributed by atoms with Gasteiger partial charge >= 0.3 is 0 Å². The zero-order valence-corrected chi connectivity index (χ0v) is 12.6. The maximum absolute atomic E-state index is 5.79. The fraction of sp³-hybridized carbons (Fsp3) is 0.308. The summed E-state index contributed by atoms with van der Waals surface area (Å²) in [6.07, 6.45) is 2.94. The Kier molecular flexibility index (Phi) is 4.93. The fourth-order valence-electron chi connectivity index (χ4n) is 1.75. The quantitative estimate of drug-likeness (QED) is 0.802. The highest BCUT2D eigenvalue weighted by Crippen LogP contribution is 2.34. The van der Waals surface area contributed by atoms with Crippen molar-refractivity contribution in [1.29, 1.82) is 0 Å². The van der Waals surface area contributed by atoms with Crippen LogP contribution in [0.2, 0.25) is 0 Å². The summed E-state index contributed by atoms with van der Waals surface area (Å²) in [5.74, 6) is 1.51. The molecule has 0 unspecified atom stereocenters. The van der Waals surface area contributed by atoms with Crippen LogP contribution in [0, 0.1) is 0 Å². The van der Waals surface area contributed by atoms with Crippen LogP contribution in [0.5, 0.6) is 5.75 Å². The number of aromatic nitrogens is 1. The molecule has 0 aliphatic heterocycles. The molecule has 1 aromatic heterocycles. The third-order valence-corrected chi connectivity index (χ3v) is 4.48. The number of methoxy groups -OCH3 is 1. The average molecular weight is 295 g/mol. The summed E-state index contributed by atoms with van der Waals surface area (Å²) in [7, 11) is 1.68. The number of rotatable bonds is 6. The first-order valence-corrected chi connectivity index (χ1v) is 7.90. The summed E-state index contributed by atoms with van der Waals surface area (Å²) >= 11 is 3.03. The van der Waals surface area contributed by atoms with E-state index in [0.717, 1.165) is 28.6 Å². The van der Waals surface area contributed by atoms with E-state index in [2.05, 4.69) is 21.8 Å². The fourth-order valence-corrected chi connectivity index (χ4v) is 3.32. The summed E-state index contributed by atoms with van der Waals surface area (Å²) < 4.78 is 9.37. The predicted octanol–water partition coefficient (Wildman–Crippen LogP) is 3.11. The molecule has 3 N–H and O–H groups in total. The van der Waals surface area contributed by atoms with Gasteiger partial charge in [0.25, 0.3) is 0 Å². The van der Waals surface area contributed by atoms with Gasteiger partial charge in [0.15, 0.2) is 5.82 Å². The molecule has 0 saturated heterocycles. The van der Waals surface area contributed by atoms with Gasteiger partial charge in [-0.1, -0.05) is 12.1 Å². The van der Waals surface area contributed by atoms with E-state index in [1.54, 1.807) is 18.9 Å². The molecule has 0 aliphatic rings. The molecule has 0 spiro atoms. The standard InChI is InChI=1S/C13H17N3OS2/c1-17-10-5-3-4-9(8-10)6-7-15-13-11(18-2)12(14)16-19-13/h3-5,8,15H,6-7H2,1-2H3,(H2,14,16). The van der Waals surface area contributed by atoms with Crippen molar-refractivity contribution >= 4 is 34.1 Å². The van der Waals surface area contributed by atoms with E-state index in [9.17, 15) is 0 Å². The molecule has 0 bridgehead atoms. The molecular weight excluding hydrogens is 278 g/mol. The molecule has 0 radical (unpaired) electrons. The van der Waals surface area contributed by atoms with Crippen LogP contribution in [-0.2, 0) is 6.42 Å². The van der Waals surface area contributed by atoms with Crippen LogP contribution in [0.1, 0.15) is 5.56 Å². The van der Waals surface area contributed by atoms with Crippen molar-refractivity contribution in [1.82, 2.24) is 4.37 Å². The van der Waals surface area contributed by atoms with Crippen LogP contribution in [-0.4, -0.2) is 24.3 Å². The number of ether oxygens (including phenoxy) is 1. The highest BCUT2D eigenvalue weighted by molar-refractivity contribution is 7.99. The van der Waals surface area contributed by atoms with Gasteiger partial charge in [0.2, 0.25) is 0 Å². The van der Waals surface area contributed by atoms with E-state index in [0.29, 0.717) is 5.82 Å². The monoisotopic (exact) mass is 295 g/mol. The number of anilines is 2. The molecule has 19 heavy (non-hydrogen) atoms. The second-order valence-electron chi connectivity index (χ2n) is 3.96. The van der Waals surface area contributed by atoms with Crippen molar-refractivity contribution in [2.75, 3.05) is 31.0 Å². The lowest BCUT2D eigenvalue weighted by molar-refractivity contribution is 0.414. The van der Waals surface area contributed by atoms with Gasteiger partial charge in [-0.25, -0.2) is 0 Å². The van der Waals surface area contributed by atoms with Crippen LogP contribution in [0.3, 0.4) is 0 Å². The molecule has 4 nitrogen and oxygen atoms in total. The van der Waals surface area contributed by atoms with Crippen LogP contribution in [0.4, 0.5) is 10.8 Å². The van der Waals surface area contributed by atoms with Gasteiger partial charge in [-0.05, 0) is 41.9 Å². The van der Waals surface area contributed by atoms with E-state index in [1.807, 2.05) is 18.4 Å². The largest absolute Gasteiger partial charge is 0.497 e. The number of nitrogens with two attached hydrogens (primary N) is 1. The lowest BCUT2D eigenvalue weighted by atomic mass is 10.1. The number of nitrogens with zero attached hydrogens (tertiary/aromatic N) is 1. The van der Waals surface area contributed by atoms with E-state index >= 15 is 0 Å². The number of hydrogen-bond acceptors (Lipinski definition) is 6. The summed E-state index contributed by atoms with van der Waals surface area (Å²) in [5, 5.41) is 4.43. The molecule has 0 fully saturated rings. The van der Waals surface area contributed by atoms with Gasteiger partial charge in [0.05, 0.1) is 12.0 Å². The third kappa shape index (κ3) is 3.54. The minimum absolute atomic E-state index is 0.612. The molecule has 1 heterocycles. The van der Waals surface area contributed by atoms with Crippen molar-refractivity contribution < 1.29 is 4.74 Å². The Morgan fingerprint density at radius 1 is 1.47 bits per heavy atom. The highest BCUT2D eigenvalue weighted by atomic mass is 32.2. The Bertz CT molecular complexity index is 542. The van der Waals surface area contributed by atoms with Gasteiger partial charge in [-0.15, -0.1) is 11.8 Å². The first kappa shape index (κ1) is 14.0. The maximum atomic E-state index is 5.79. The van der Waals surface area contributed by atoms with Crippen LogP contribution in [0.15, 0.2) is 29.2 Å². The molecule has 0 aliphatic carbocycles. The van der Waals surface area contributed by atoms with Gasteiger partial charge in [0, 0.05) is 6.54 Å². The van der Waals surface area contributed by atoms with E-state index < -0.39 is 0 Å². The second kappa shape index (κ2) is 6.68. The van der Waals surface area contributed by atoms with Crippen molar-refractivity contribution in [3.8, 4) is 5.75 Å². The van der Waals surface area contributed by atoms with Crippen LogP contribution in [0.25, 0.3) is 0 Å². The predicted molar refractivity (Wildman–Crippen MR) is 83.5 cm³/mol. The van der Waals surface area contributed by atoms with E-state index in [1.165, 1.54) is 17.1 Å². The summed E-state index contributed by atoms with van der Waals surface area (Å²) in [6, 6.07) is 8.11. The van der Waals surface area contributed by atoms with Crippen molar-refractivity contribution in [2.45, 2.75) is 11.3 Å². The Morgan fingerprint density at radius 2 is 2.32 bits per heavy atom. The zero-order valence-electron chi connectivity index (χ0n) is 11.0. The normalized spacial score (nSPS) is 10.4. The molecule has 2 rings (SSSR count). The zero-order chi connectivity index (χ0) is 13.7. The molecule has 6 heteroatoms. The van der Waals surface area contributed by atoms with Gasteiger partial charge < -0.3 is 15.8 Å². The molecule has 102 valence electrons. The van der Waals surface area contributed by atoms with Crippen molar-refractivity contribution in [2.24, 2.45) is 0 Å². The smallest absolute Gasteiger partial charge is 0.153 e. The molecule has 0 saturated carbocycles. The summed E-state index contributed by atoms with van der Waals surface area (Å²) in [4.78, 5) is 1.04. The Hall–Kier alpha value is -1.40. The van der Waals surface area contributed by atoms with Gasteiger partial charge in [0.1, 0.15) is 10.8 Å². The van der Waals surface area contributed by atoms with Crippen LogP contribution < -0.4 is 15.8 Å². The Morgan fingerprint density at radius 3 is 3.05 bits per heavy atom. The molecule has 1 aromatic carbocycles. The maximum Gasteiger partial charge on any atom is 0.153 e. The topological polar surface area (TPSA) is 60.2 Å². The Balaban J connectivity index is 1.92. The first-order chi connectivity index (χ1) is 9.24. The van der Waals surface area contributed by atoms with Crippen molar-refractivity contribution in [3.05, 3.63) is 29.8 Å².